The Labute approximate surface area is 208 Å². The Morgan fingerprint density at radius 3 is 2.28 bits per heavy atom. The van der Waals surface area contributed by atoms with Gasteiger partial charge < -0.3 is 19.6 Å². The summed E-state index contributed by atoms with van der Waals surface area (Å²) in [5, 5.41) is 11.3. The van der Waals surface area contributed by atoms with Crippen LogP contribution >= 0.6 is 0 Å². The first-order valence-corrected chi connectivity index (χ1v) is 11.7. The third kappa shape index (κ3) is 5.10. The van der Waals surface area contributed by atoms with Gasteiger partial charge in [0, 0.05) is 18.2 Å². The van der Waals surface area contributed by atoms with Crippen LogP contribution in [0.4, 0.5) is 18.9 Å². The molecule has 2 unspecified atom stereocenters. The second-order valence-electron chi connectivity index (χ2n) is 9.23. The van der Waals surface area contributed by atoms with Gasteiger partial charge >= 0.3 is 6.18 Å². The van der Waals surface area contributed by atoms with Gasteiger partial charge in [0.05, 0.1) is 18.7 Å². The molecule has 1 aliphatic rings. The predicted octanol–water partition coefficient (Wildman–Crippen LogP) is 5.05. The minimum atomic E-state index is -4.62. The number of rotatable bonds is 6. The van der Waals surface area contributed by atoms with Gasteiger partial charge in [0.15, 0.2) is 0 Å². The zero-order valence-electron chi connectivity index (χ0n) is 20.4. The first-order chi connectivity index (χ1) is 17.1. The van der Waals surface area contributed by atoms with E-state index in [9.17, 15) is 23.1 Å². The number of hydrogen-bond donors (Lipinski definition) is 1. The van der Waals surface area contributed by atoms with Gasteiger partial charge in [-0.1, -0.05) is 48.5 Å². The molecule has 0 radical (unpaired) electrons. The summed E-state index contributed by atoms with van der Waals surface area (Å²) in [4.78, 5) is 17.2. The maximum absolute atomic E-state index is 14.2. The van der Waals surface area contributed by atoms with Crippen LogP contribution in [0.2, 0.25) is 0 Å². The van der Waals surface area contributed by atoms with Crippen molar-refractivity contribution in [3.05, 3.63) is 95.1 Å². The molecule has 8 heteroatoms. The number of ether oxygens (including phenoxy) is 1. The number of fused-ring (bicyclic) bond motifs is 1. The van der Waals surface area contributed by atoms with Crippen molar-refractivity contribution in [1.82, 2.24) is 4.90 Å². The molecule has 1 amide bonds. The molecule has 4 rings (SSSR count). The zero-order valence-corrected chi connectivity index (χ0v) is 20.4. The fraction of sp³-hybridized carbons (Fsp3) is 0.321. The number of benzene rings is 3. The van der Waals surface area contributed by atoms with Crippen molar-refractivity contribution in [3.8, 4) is 5.75 Å². The SMILES string of the molecule is COc1ccc(C2Cc3c(cccc3C(F)(F)F)N(C(CN(C)C)c3ccccc3)C(=O)[C@@H]2O)cc1. The van der Waals surface area contributed by atoms with E-state index in [-0.39, 0.29) is 17.7 Å². The first-order valence-electron chi connectivity index (χ1n) is 11.7. The Balaban J connectivity index is 1.93. The molecule has 0 saturated carbocycles. The molecular weight excluding hydrogens is 469 g/mol. The number of methoxy groups -OCH3 is 1. The van der Waals surface area contributed by atoms with Crippen LogP contribution in [0.15, 0.2) is 72.8 Å². The Morgan fingerprint density at radius 1 is 1.03 bits per heavy atom. The number of amides is 1. The van der Waals surface area contributed by atoms with E-state index in [1.165, 1.54) is 24.1 Å². The summed E-state index contributed by atoms with van der Waals surface area (Å²) in [7, 11) is 5.18. The fourth-order valence-electron chi connectivity index (χ4n) is 4.88. The number of aliphatic hydroxyl groups is 1. The number of carbonyl (C=O) groups is 1. The molecule has 5 nitrogen and oxygen atoms in total. The van der Waals surface area contributed by atoms with Crippen LogP contribution in [0.25, 0.3) is 0 Å². The van der Waals surface area contributed by atoms with Gasteiger partial charge in [-0.15, -0.1) is 0 Å². The second-order valence-corrected chi connectivity index (χ2v) is 9.23. The van der Waals surface area contributed by atoms with Gasteiger partial charge in [-0.2, -0.15) is 13.2 Å². The fourth-order valence-corrected chi connectivity index (χ4v) is 4.88. The molecule has 0 aromatic heterocycles. The normalized spacial score (nSPS) is 19.1. The monoisotopic (exact) mass is 498 g/mol. The lowest BCUT2D eigenvalue weighted by molar-refractivity contribution is -0.138. The second kappa shape index (κ2) is 10.3. The molecule has 3 aromatic rings. The van der Waals surface area contributed by atoms with E-state index in [1.807, 2.05) is 49.3 Å². The molecule has 0 spiro atoms. The number of anilines is 1. The third-order valence-corrected chi connectivity index (χ3v) is 6.59. The van der Waals surface area contributed by atoms with Crippen molar-refractivity contribution in [1.29, 1.82) is 0 Å². The zero-order chi connectivity index (χ0) is 26.0. The molecular formula is C28H29F3N2O3. The molecule has 1 heterocycles. The van der Waals surface area contributed by atoms with Gasteiger partial charge in [0.1, 0.15) is 11.9 Å². The van der Waals surface area contributed by atoms with E-state index in [2.05, 4.69) is 0 Å². The quantitative estimate of drug-likeness (QED) is 0.517. The standard InChI is InChI=1S/C28H29F3N2O3/c1-32(2)17-25(19-8-5-4-6-9-19)33-24-11-7-10-23(28(29,30)31)22(24)16-21(26(34)27(33)35)18-12-14-20(36-3)15-13-18/h4-15,21,25-26,34H,16-17H2,1-3H3/t21?,25?,26-/m1/s1. The van der Waals surface area contributed by atoms with Crippen LogP contribution in [0, 0.1) is 0 Å². The van der Waals surface area contributed by atoms with Crippen LogP contribution in [0.3, 0.4) is 0 Å². The first kappa shape index (κ1) is 25.7. The highest BCUT2D eigenvalue weighted by Gasteiger charge is 2.44. The molecule has 0 saturated heterocycles. The molecule has 0 aliphatic carbocycles. The van der Waals surface area contributed by atoms with E-state index in [4.69, 9.17) is 4.74 Å². The minimum absolute atomic E-state index is 0.00425. The molecule has 36 heavy (non-hydrogen) atoms. The Bertz CT molecular complexity index is 1200. The van der Waals surface area contributed by atoms with Gasteiger partial charge in [0.25, 0.3) is 5.91 Å². The van der Waals surface area contributed by atoms with Crippen molar-refractivity contribution in [2.75, 3.05) is 32.6 Å². The summed E-state index contributed by atoms with van der Waals surface area (Å²) < 4.78 is 47.8. The van der Waals surface area contributed by atoms with E-state index in [1.54, 1.807) is 24.3 Å². The summed E-state index contributed by atoms with van der Waals surface area (Å²) in [6.07, 6.45) is -6.31. The maximum atomic E-state index is 14.2. The van der Waals surface area contributed by atoms with E-state index in [0.717, 1.165) is 11.6 Å². The van der Waals surface area contributed by atoms with Crippen LogP contribution in [0.1, 0.15) is 34.2 Å². The molecule has 0 fully saturated rings. The van der Waals surface area contributed by atoms with Crippen LogP contribution < -0.4 is 9.64 Å². The molecule has 0 bridgehead atoms. The Hall–Kier alpha value is -3.36. The summed E-state index contributed by atoms with van der Waals surface area (Å²) in [6, 6.07) is 19.2. The summed E-state index contributed by atoms with van der Waals surface area (Å²) in [5.41, 5.74) is 0.682. The predicted molar refractivity (Wildman–Crippen MR) is 132 cm³/mol. The smallest absolute Gasteiger partial charge is 0.416 e. The third-order valence-electron chi connectivity index (χ3n) is 6.59. The minimum Gasteiger partial charge on any atom is -0.497 e. The largest absolute Gasteiger partial charge is 0.497 e. The lowest BCUT2D eigenvalue weighted by Crippen LogP contribution is -2.45. The number of carbonyl (C=O) groups excluding carboxylic acids is 1. The number of likely N-dealkylation sites (N-methyl/N-ethyl adjacent to an activating group) is 1. The Kier molecular flexibility index (Phi) is 7.38. The highest BCUT2D eigenvalue weighted by atomic mass is 19.4. The lowest BCUT2D eigenvalue weighted by atomic mass is 9.86. The lowest BCUT2D eigenvalue weighted by Gasteiger charge is -2.35. The number of aliphatic hydroxyl groups excluding tert-OH is 1. The van der Waals surface area contributed by atoms with Crippen LogP contribution in [0.5, 0.6) is 5.75 Å². The molecule has 1 N–H and O–H groups in total. The molecule has 1 aliphatic heterocycles. The van der Waals surface area contributed by atoms with Gasteiger partial charge in [0.2, 0.25) is 0 Å². The topological polar surface area (TPSA) is 53.0 Å². The average Bonchev–Trinajstić information content (AvgIpc) is 2.96. The molecule has 3 aromatic carbocycles. The van der Waals surface area contributed by atoms with Crippen LogP contribution in [-0.4, -0.2) is 49.8 Å². The van der Waals surface area contributed by atoms with E-state index in [0.29, 0.717) is 17.9 Å². The average molecular weight is 499 g/mol. The number of hydrogen-bond acceptors (Lipinski definition) is 4. The highest BCUT2D eigenvalue weighted by Crippen LogP contribution is 2.44. The summed E-state index contributed by atoms with van der Waals surface area (Å²) in [5.74, 6) is -0.933. The summed E-state index contributed by atoms with van der Waals surface area (Å²) >= 11 is 0. The number of nitrogens with zero attached hydrogens (tertiary/aromatic N) is 2. The van der Waals surface area contributed by atoms with Gasteiger partial charge in [-0.3, -0.25) is 4.79 Å². The Morgan fingerprint density at radius 2 is 1.69 bits per heavy atom. The molecule has 3 atom stereocenters. The van der Waals surface area contributed by atoms with Crippen molar-refractivity contribution < 1.29 is 27.8 Å². The van der Waals surface area contributed by atoms with E-state index < -0.39 is 35.7 Å². The van der Waals surface area contributed by atoms with E-state index >= 15 is 0 Å². The maximum Gasteiger partial charge on any atom is 0.416 e. The van der Waals surface area contributed by atoms with Gasteiger partial charge in [-0.25, -0.2) is 0 Å². The highest BCUT2D eigenvalue weighted by molar-refractivity contribution is 5.99. The van der Waals surface area contributed by atoms with Crippen molar-refractivity contribution in [2.24, 2.45) is 0 Å². The number of halogens is 3. The van der Waals surface area contributed by atoms with Crippen molar-refractivity contribution >= 4 is 11.6 Å². The van der Waals surface area contributed by atoms with Gasteiger partial charge in [-0.05, 0) is 61.5 Å². The number of alkyl halides is 3. The van der Waals surface area contributed by atoms with Crippen LogP contribution in [-0.2, 0) is 17.4 Å². The van der Waals surface area contributed by atoms with Crippen molar-refractivity contribution in [2.45, 2.75) is 30.7 Å². The summed E-state index contributed by atoms with van der Waals surface area (Å²) in [6.45, 7) is 0.353. The van der Waals surface area contributed by atoms with Crippen molar-refractivity contribution in [3.63, 3.8) is 0 Å². The molecule has 190 valence electrons.